The number of halogens is 3. The fraction of sp³-hybridized carbons (Fsp3) is 0.556. The molecule has 5 nitrogen and oxygen atoms in total. The second-order valence-electron chi connectivity index (χ2n) is 4.12. The average Bonchev–Trinajstić information content (AvgIpc) is 2.64. The molecule has 1 aromatic heterocycles. The molecular formula is C9H11F3N2O3. The second kappa shape index (κ2) is 4.02. The highest BCUT2D eigenvalue weighted by molar-refractivity contribution is 5.74. The van der Waals surface area contributed by atoms with Crippen LogP contribution < -0.4 is 0 Å². The van der Waals surface area contributed by atoms with E-state index < -0.39 is 29.4 Å². The summed E-state index contributed by atoms with van der Waals surface area (Å²) in [6.45, 7) is 2.40. The zero-order valence-corrected chi connectivity index (χ0v) is 9.04. The minimum atomic E-state index is -4.68. The molecule has 17 heavy (non-hydrogen) atoms. The number of alkyl halides is 3. The van der Waals surface area contributed by atoms with Crippen molar-refractivity contribution < 1.29 is 28.2 Å². The van der Waals surface area contributed by atoms with Gasteiger partial charge in [0.25, 0.3) is 0 Å². The van der Waals surface area contributed by atoms with E-state index in [1.807, 2.05) is 0 Å². The van der Waals surface area contributed by atoms with Crippen LogP contribution in [-0.2, 0) is 16.4 Å². The molecule has 0 saturated carbocycles. The molecule has 1 aromatic rings. The predicted octanol–water partition coefficient (Wildman–Crippen LogP) is 1.15. The van der Waals surface area contributed by atoms with Crippen LogP contribution in [-0.4, -0.2) is 32.5 Å². The van der Waals surface area contributed by atoms with Crippen LogP contribution in [0, 0.1) is 0 Å². The van der Waals surface area contributed by atoms with E-state index in [1.54, 1.807) is 5.10 Å². The van der Waals surface area contributed by atoms with Crippen LogP contribution in [0.2, 0.25) is 0 Å². The maximum atomic E-state index is 12.6. The first-order chi connectivity index (χ1) is 7.58. The molecule has 0 aromatic carbocycles. The number of aliphatic hydroxyl groups excluding tert-OH is 1. The average molecular weight is 252 g/mol. The van der Waals surface area contributed by atoms with E-state index in [0.717, 1.165) is 6.20 Å². The number of H-pyrrole nitrogens is 1. The minimum absolute atomic E-state index is 0.389. The summed E-state index contributed by atoms with van der Waals surface area (Å²) in [5.74, 6) is -1.59. The molecule has 96 valence electrons. The molecule has 0 radical (unpaired) electrons. The van der Waals surface area contributed by atoms with E-state index in [0.29, 0.717) is 0 Å². The number of aliphatic hydroxyl groups is 1. The standard InChI is InChI=1S/C9H11F3N2O3/c1-8(2,6(15)7(16)17)4-3-13-14-5(4)9(10,11)12/h3,6,15H,1-2H3,(H,13,14)(H,16,17). The first-order valence-corrected chi connectivity index (χ1v) is 4.60. The van der Waals surface area contributed by atoms with E-state index >= 15 is 0 Å². The number of nitrogens with one attached hydrogen (secondary N) is 1. The molecule has 0 amide bonds. The van der Waals surface area contributed by atoms with Crippen molar-refractivity contribution in [1.29, 1.82) is 0 Å². The Balaban J connectivity index is 3.25. The van der Waals surface area contributed by atoms with Gasteiger partial charge in [-0.1, -0.05) is 13.8 Å². The molecule has 0 fully saturated rings. The molecule has 8 heteroatoms. The Morgan fingerprint density at radius 3 is 2.41 bits per heavy atom. The maximum Gasteiger partial charge on any atom is 0.433 e. The van der Waals surface area contributed by atoms with Gasteiger partial charge < -0.3 is 10.2 Å². The van der Waals surface area contributed by atoms with E-state index in [2.05, 4.69) is 5.10 Å². The number of rotatable bonds is 3. The number of carbonyl (C=O) groups is 1. The van der Waals surface area contributed by atoms with Crippen LogP contribution in [0.1, 0.15) is 25.1 Å². The van der Waals surface area contributed by atoms with Gasteiger partial charge in [0.1, 0.15) is 5.69 Å². The van der Waals surface area contributed by atoms with Crippen molar-refractivity contribution in [2.45, 2.75) is 31.5 Å². The lowest BCUT2D eigenvalue weighted by Gasteiger charge is -2.28. The Bertz CT molecular complexity index is 425. The van der Waals surface area contributed by atoms with Crippen LogP contribution in [0.5, 0.6) is 0 Å². The first kappa shape index (κ1) is 13.5. The minimum Gasteiger partial charge on any atom is -0.479 e. The van der Waals surface area contributed by atoms with Gasteiger partial charge >= 0.3 is 12.1 Å². The lowest BCUT2D eigenvalue weighted by molar-refractivity contribution is -0.152. The van der Waals surface area contributed by atoms with E-state index in [-0.39, 0.29) is 5.56 Å². The van der Waals surface area contributed by atoms with Gasteiger partial charge in [0.2, 0.25) is 0 Å². The molecule has 0 bridgehead atoms. The number of hydrogen-bond donors (Lipinski definition) is 3. The third-order valence-electron chi connectivity index (χ3n) is 2.53. The number of aliphatic carboxylic acids is 1. The highest BCUT2D eigenvalue weighted by Crippen LogP contribution is 2.37. The Morgan fingerprint density at radius 1 is 1.47 bits per heavy atom. The van der Waals surface area contributed by atoms with Crippen LogP contribution in [0.3, 0.4) is 0 Å². The molecule has 1 atom stereocenters. The molecular weight excluding hydrogens is 241 g/mol. The Kier molecular flexibility index (Phi) is 3.19. The summed E-state index contributed by atoms with van der Waals surface area (Å²) in [5, 5.41) is 23.1. The summed E-state index contributed by atoms with van der Waals surface area (Å²) in [4.78, 5) is 10.6. The monoisotopic (exact) mass is 252 g/mol. The van der Waals surface area contributed by atoms with Gasteiger partial charge in [-0.15, -0.1) is 0 Å². The SMILES string of the molecule is CC(C)(c1cn[nH]c1C(F)(F)F)C(O)C(=O)O. The van der Waals surface area contributed by atoms with Crippen molar-refractivity contribution in [3.8, 4) is 0 Å². The molecule has 0 aliphatic carbocycles. The van der Waals surface area contributed by atoms with E-state index in [4.69, 9.17) is 5.11 Å². The van der Waals surface area contributed by atoms with Crippen molar-refractivity contribution in [1.82, 2.24) is 10.2 Å². The fourth-order valence-electron chi connectivity index (χ4n) is 1.45. The third kappa shape index (κ3) is 2.41. The number of aromatic amines is 1. The molecule has 0 aliphatic rings. The quantitative estimate of drug-likeness (QED) is 0.753. The first-order valence-electron chi connectivity index (χ1n) is 4.60. The van der Waals surface area contributed by atoms with Crippen LogP contribution in [0.15, 0.2) is 6.20 Å². The Hall–Kier alpha value is -1.57. The van der Waals surface area contributed by atoms with Gasteiger partial charge in [-0.05, 0) is 0 Å². The molecule has 0 aliphatic heterocycles. The molecule has 1 rings (SSSR count). The topological polar surface area (TPSA) is 86.2 Å². The summed E-state index contributed by atoms with van der Waals surface area (Å²) >= 11 is 0. The van der Waals surface area contributed by atoms with Crippen molar-refractivity contribution in [3.63, 3.8) is 0 Å². The predicted molar refractivity (Wildman–Crippen MR) is 50.3 cm³/mol. The molecule has 3 N–H and O–H groups in total. The lowest BCUT2D eigenvalue weighted by Crippen LogP contribution is -2.40. The number of aromatic nitrogens is 2. The third-order valence-corrected chi connectivity index (χ3v) is 2.53. The number of carboxylic acid groups (broad SMARTS) is 1. The van der Waals surface area contributed by atoms with Crippen LogP contribution in [0.4, 0.5) is 13.2 Å². The molecule has 0 saturated heterocycles. The van der Waals surface area contributed by atoms with E-state index in [1.165, 1.54) is 13.8 Å². The van der Waals surface area contributed by atoms with Gasteiger partial charge in [0.15, 0.2) is 6.10 Å². The number of hydrogen-bond acceptors (Lipinski definition) is 3. The lowest BCUT2D eigenvalue weighted by atomic mass is 9.79. The summed E-state index contributed by atoms with van der Waals surface area (Å²) < 4.78 is 37.7. The highest BCUT2D eigenvalue weighted by Gasteiger charge is 2.44. The number of nitrogens with zero attached hydrogens (tertiary/aromatic N) is 1. The highest BCUT2D eigenvalue weighted by atomic mass is 19.4. The number of carboxylic acids is 1. The van der Waals surface area contributed by atoms with Gasteiger partial charge in [0.05, 0.1) is 6.20 Å². The summed E-state index contributed by atoms with van der Waals surface area (Å²) in [5.41, 5.74) is -3.15. The van der Waals surface area contributed by atoms with Gasteiger partial charge in [0, 0.05) is 11.0 Å². The Morgan fingerprint density at radius 2 is 2.00 bits per heavy atom. The smallest absolute Gasteiger partial charge is 0.433 e. The second-order valence-corrected chi connectivity index (χ2v) is 4.12. The van der Waals surface area contributed by atoms with Gasteiger partial charge in [-0.25, -0.2) is 4.79 Å². The van der Waals surface area contributed by atoms with Gasteiger partial charge in [-0.2, -0.15) is 18.3 Å². The van der Waals surface area contributed by atoms with Gasteiger partial charge in [-0.3, -0.25) is 5.10 Å². The molecule has 1 unspecified atom stereocenters. The molecule has 0 spiro atoms. The van der Waals surface area contributed by atoms with Crippen molar-refractivity contribution in [3.05, 3.63) is 17.5 Å². The summed E-state index contributed by atoms with van der Waals surface area (Å²) in [6.07, 6.45) is -5.77. The van der Waals surface area contributed by atoms with E-state index in [9.17, 15) is 23.1 Å². The fourth-order valence-corrected chi connectivity index (χ4v) is 1.45. The molecule has 1 heterocycles. The van der Waals surface area contributed by atoms with Crippen molar-refractivity contribution >= 4 is 5.97 Å². The Labute approximate surface area is 94.3 Å². The summed E-state index contributed by atoms with van der Waals surface area (Å²) in [6, 6.07) is 0. The van der Waals surface area contributed by atoms with Crippen LogP contribution >= 0.6 is 0 Å². The largest absolute Gasteiger partial charge is 0.479 e. The zero-order valence-electron chi connectivity index (χ0n) is 9.04. The van der Waals surface area contributed by atoms with Crippen molar-refractivity contribution in [2.24, 2.45) is 0 Å². The van der Waals surface area contributed by atoms with Crippen molar-refractivity contribution in [2.75, 3.05) is 0 Å². The summed E-state index contributed by atoms with van der Waals surface area (Å²) in [7, 11) is 0. The zero-order chi connectivity index (χ0) is 13.4. The maximum absolute atomic E-state index is 12.6. The van der Waals surface area contributed by atoms with Crippen LogP contribution in [0.25, 0.3) is 0 Å². The normalized spacial score (nSPS) is 14.7.